The number of anilines is 1. The molecule has 0 unspecified atom stereocenters. The van der Waals surface area contributed by atoms with Gasteiger partial charge in [0.2, 0.25) is 11.8 Å². The summed E-state index contributed by atoms with van der Waals surface area (Å²) < 4.78 is 45.5. The zero-order valence-electron chi connectivity index (χ0n) is 24.9. The molecule has 0 heterocycles. The highest BCUT2D eigenvalue weighted by atomic mass is 32.2. The number of nitrogens with zero attached hydrogens (tertiary/aromatic N) is 2. The number of ether oxygens (including phenoxy) is 3. The molecule has 226 valence electrons. The summed E-state index contributed by atoms with van der Waals surface area (Å²) in [4.78, 5) is 28.3. The smallest absolute Gasteiger partial charge is 0.264 e. The molecule has 0 aliphatic heterocycles. The van der Waals surface area contributed by atoms with Crippen molar-refractivity contribution in [3.63, 3.8) is 0 Å². The van der Waals surface area contributed by atoms with E-state index in [1.807, 2.05) is 38.1 Å². The van der Waals surface area contributed by atoms with Crippen molar-refractivity contribution in [2.75, 3.05) is 38.7 Å². The second-order valence-corrected chi connectivity index (χ2v) is 11.4. The molecule has 1 N–H and O–H groups in total. The number of amides is 2. The predicted octanol–water partition coefficient (Wildman–Crippen LogP) is 4.16. The van der Waals surface area contributed by atoms with Gasteiger partial charge in [0.25, 0.3) is 10.0 Å². The number of methoxy groups -OCH3 is 2. The highest BCUT2D eigenvalue weighted by molar-refractivity contribution is 7.92. The maximum Gasteiger partial charge on any atom is 0.264 e. The fraction of sp³-hybridized carbons (Fsp3) is 0.355. The van der Waals surface area contributed by atoms with Gasteiger partial charge in [-0.3, -0.25) is 13.9 Å². The molecule has 0 aliphatic carbocycles. The number of likely N-dealkylation sites (N-methyl/N-ethyl adjacent to an activating group) is 1. The average molecular weight is 598 g/mol. The number of hydrogen-bond donors (Lipinski definition) is 1. The highest BCUT2D eigenvalue weighted by Crippen LogP contribution is 2.33. The van der Waals surface area contributed by atoms with E-state index in [0.717, 1.165) is 15.4 Å². The van der Waals surface area contributed by atoms with Crippen molar-refractivity contribution in [1.29, 1.82) is 0 Å². The Balaban J connectivity index is 2.10. The van der Waals surface area contributed by atoms with Gasteiger partial charge >= 0.3 is 0 Å². The van der Waals surface area contributed by atoms with Crippen LogP contribution in [0.25, 0.3) is 0 Å². The van der Waals surface area contributed by atoms with Crippen LogP contribution in [0.4, 0.5) is 5.69 Å². The molecule has 1 atom stereocenters. The minimum absolute atomic E-state index is 0.0923. The minimum atomic E-state index is -4.29. The van der Waals surface area contributed by atoms with Crippen molar-refractivity contribution in [2.45, 2.75) is 44.7 Å². The average Bonchev–Trinajstić information content (AvgIpc) is 3.00. The molecular weight excluding hydrogens is 558 g/mol. The fourth-order valence-electron chi connectivity index (χ4n) is 4.48. The van der Waals surface area contributed by atoms with E-state index in [1.165, 1.54) is 44.4 Å². The van der Waals surface area contributed by atoms with Gasteiger partial charge in [0.1, 0.15) is 18.3 Å². The second kappa shape index (κ2) is 14.6. The van der Waals surface area contributed by atoms with Gasteiger partial charge < -0.3 is 24.4 Å². The zero-order valence-corrected chi connectivity index (χ0v) is 25.7. The third-order valence-electron chi connectivity index (χ3n) is 6.76. The number of hydrogen-bond acceptors (Lipinski definition) is 7. The standard InChI is InChI=1S/C31H39N3O7S/c1-7-27(31(36)32-4)33(20-23-11-9-22(3)10-12-23)30(35)21-34(24-13-15-25(16-14-24)41-8-2)42(37,38)26-17-18-28(39-5)29(19-26)40-6/h9-19,27H,7-8,20-21H2,1-6H3,(H,32,36)/t27-/m1/s1. The Bertz CT molecular complexity index is 1460. The van der Waals surface area contributed by atoms with Crippen LogP contribution in [0, 0.1) is 6.92 Å². The lowest BCUT2D eigenvalue weighted by atomic mass is 10.1. The summed E-state index contributed by atoms with van der Waals surface area (Å²) >= 11 is 0. The van der Waals surface area contributed by atoms with Crippen LogP contribution in [0.5, 0.6) is 17.2 Å². The lowest BCUT2D eigenvalue weighted by Crippen LogP contribution is -2.51. The lowest BCUT2D eigenvalue weighted by molar-refractivity contribution is -0.140. The van der Waals surface area contributed by atoms with Crippen LogP contribution in [-0.4, -0.2) is 65.6 Å². The van der Waals surface area contributed by atoms with Gasteiger partial charge in [-0.2, -0.15) is 0 Å². The van der Waals surface area contributed by atoms with Crippen LogP contribution in [0.15, 0.2) is 71.6 Å². The third kappa shape index (κ3) is 7.52. The third-order valence-corrected chi connectivity index (χ3v) is 8.53. The Morgan fingerprint density at radius 1 is 0.905 bits per heavy atom. The van der Waals surface area contributed by atoms with Crippen molar-refractivity contribution in [1.82, 2.24) is 10.2 Å². The zero-order chi connectivity index (χ0) is 30.9. The summed E-state index contributed by atoms with van der Waals surface area (Å²) in [6, 6.07) is 17.5. The predicted molar refractivity (Wildman–Crippen MR) is 162 cm³/mol. The lowest BCUT2D eigenvalue weighted by Gasteiger charge is -2.33. The van der Waals surface area contributed by atoms with Gasteiger partial charge in [-0.25, -0.2) is 8.42 Å². The van der Waals surface area contributed by atoms with Crippen LogP contribution in [0.2, 0.25) is 0 Å². The number of carbonyl (C=O) groups excluding carboxylic acids is 2. The maximum absolute atomic E-state index is 14.1. The van der Waals surface area contributed by atoms with Gasteiger partial charge in [0.05, 0.1) is 31.4 Å². The van der Waals surface area contributed by atoms with Gasteiger partial charge in [0, 0.05) is 19.7 Å². The number of rotatable bonds is 14. The van der Waals surface area contributed by atoms with E-state index in [0.29, 0.717) is 24.5 Å². The molecule has 0 radical (unpaired) electrons. The molecule has 0 spiro atoms. The Kier molecular flexibility index (Phi) is 11.2. The van der Waals surface area contributed by atoms with Gasteiger partial charge in [-0.05, 0) is 62.2 Å². The summed E-state index contributed by atoms with van der Waals surface area (Å²) in [6.45, 7) is 5.62. The Labute approximate surface area is 248 Å². The molecule has 3 aromatic rings. The first-order valence-electron chi connectivity index (χ1n) is 13.6. The fourth-order valence-corrected chi connectivity index (χ4v) is 5.91. The summed E-state index contributed by atoms with van der Waals surface area (Å²) in [5.41, 5.74) is 2.12. The Morgan fingerprint density at radius 2 is 1.55 bits per heavy atom. The topological polar surface area (TPSA) is 114 Å². The molecule has 0 saturated carbocycles. The van der Waals surface area contributed by atoms with E-state index < -0.39 is 28.5 Å². The normalized spacial score (nSPS) is 11.8. The molecule has 3 aromatic carbocycles. The summed E-state index contributed by atoms with van der Waals surface area (Å²) in [5.74, 6) is 0.268. The van der Waals surface area contributed by atoms with Crippen LogP contribution < -0.4 is 23.8 Å². The molecule has 0 fully saturated rings. The molecule has 10 nitrogen and oxygen atoms in total. The molecule has 2 amide bonds. The van der Waals surface area contributed by atoms with E-state index in [-0.39, 0.29) is 28.8 Å². The molecule has 42 heavy (non-hydrogen) atoms. The monoisotopic (exact) mass is 597 g/mol. The molecule has 11 heteroatoms. The maximum atomic E-state index is 14.1. The number of sulfonamides is 1. The van der Waals surface area contributed by atoms with Crippen molar-refractivity contribution in [2.24, 2.45) is 0 Å². The van der Waals surface area contributed by atoms with E-state index in [1.54, 1.807) is 31.2 Å². The van der Waals surface area contributed by atoms with E-state index in [9.17, 15) is 18.0 Å². The molecule has 0 aromatic heterocycles. The molecule has 0 bridgehead atoms. The van der Waals surface area contributed by atoms with Crippen molar-refractivity contribution in [3.05, 3.63) is 77.9 Å². The largest absolute Gasteiger partial charge is 0.494 e. The number of carbonyl (C=O) groups is 2. The summed E-state index contributed by atoms with van der Waals surface area (Å²) in [6.07, 6.45) is 0.336. The van der Waals surface area contributed by atoms with Gasteiger partial charge in [-0.1, -0.05) is 36.8 Å². The Morgan fingerprint density at radius 3 is 2.10 bits per heavy atom. The van der Waals surface area contributed by atoms with Crippen molar-refractivity contribution < 1.29 is 32.2 Å². The highest BCUT2D eigenvalue weighted by Gasteiger charge is 2.34. The van der Waals surface area contributed by atoms with Gasteiger partial charge in [-0.15, -0.1) is 0 Å². The second-order valence-electron chi connectivity index (χ2n) is 9.50. The first-order valence-corrected chi connectivity index (χ1v) is 15.1. The molecular formula is C31H39N3O7S. The Hall–Kier alpha value is -4.25. The van der Waals surface area contributed by atoms with E-state index in [2.05, 4.69) is 5.32 Å². The number of nitrogens with one attached hydrogen (secondary N) is 1. The first-order chi connectivity index (χ1) is 20.1. The number of aryl methyl sites for hydroxylation is 1. The van der Waals surface area contributed by atoms with Gasteiger partial charge in [0.15, 0.2) is 11.5 Å². The summed E-state index contributed by atoms with van der Waals surface area (Å²) in [5, 5.41) is 2.62. The van der Waals surface area contributed by atoms with Crippen LogP contribution in [0.1, 0.15) is 31.4 Å². The molecule has 0 aliphatic rings. The van der Waals surface area contributed by atoms with Crippen molar-refractivity contribution in [3.8, 4) is 17.2 Å². The van der Waals surface area contributed by atoms with E-state index >= 15 is 0 Å². The van der Waals surface area contributed by atoms with Crippen LogP contribution in [-0.2, 0) is 26.2 Å². The quantitative estimate of drug-likeness (QED) is 0.297. The van der Waals surface area contributed by atoms with E-state index in [4.69, 9.17) is 14.2 Å². The molecule has 0 saturated heterocycles. The number of benzene rings is 3. The van der Waals surface area contributed by atoms with Crippen molar-refractivity contribution >= 4 is 27.5 Å². The SMILES string of the molecule is CCOc1ccc(N(CC(=O)N(Cc2ccc(C)cc2)[C@H](CC)C(=O)NC)S(=O)(=O)c2ccc(OC)c(OC)c2)cc1. The first kappa shape index (κ1) is 32.3. The minimum Gasteiger partial charge on any atom is -0.494 e. The van der Waals surface area contributed by atoms with Crippen LogP contribution in [0.3, 0.4) is 0 Å². The van der Waals surface area contributed by atoms with Crippen LogP contribution >= 0.6 is 0 Å². The summed E-state index contributed by atoms with van der Waals surface area (Å²) in [7, 11) is 0.0799. The molecule has 3 rings (SSSR count).